The van der Waals surface area contributed by atoms with Gasteiger partial charge in [-0.25, -0.2) is 4.79 Å². The number of anilines is 2. The number of carbonyl (C=O) groups excluding carboxylic acids is 1. The zero-order valence-corrected chi connectivity index (χ0v) is 13.9. The van der Waals surface area contributed by atoms with Crippen LogP contribution in [-0.4, -0.2) is 42.5 Å². The van der Waals surface area contributed by atoms with E-state index in [2.05, 4.69) is 10.3 Å². The number of pyridine rings is 1. The first-order valence-electron chi connectivity index (χ1n) is 7.78. The van der Waals surface area contributed by atoms with Crippen LogP contribution in [0, 0.1) is 5.92 Å². The molecule has 0 aliphatic carbocycles. The molecule has 23 heavy (non-hydrogen) atoms. The summed E-state index contributed by atoms with van der Waals surface area (Å²) in [4.78, 5) is 17.9. The Hall–Kier alpha value is -2.05. The van der Waals surface area contributed by atoms with Gasteiger partial charge in [0.05, 0.1) is 30.3 Å². The first-order valence-corrected chi connectivity index (χ1v) is 7.78. The monoisotopic (exact) mass is 324 g/mol. The maximum atomic E-state index is 13.2. The lowest BCUT2D eigenvalue weighted by Gasteiger charge is -2.39. The number of rotatable bonds is 3. The van der Waals surface area contributed by atoms with Gasteiger partial charge in [-0.05, 0) is 33.3 Å². The molecule has 1 saturated heterocycles. The van der Waals surface area contributed by atoms with Crippen LogP contribution in [0.4, 0.5) is 20.6 Å². The number of nitrogens with two attached hydrogens (primary N) is 1. The molecular weight excluding hydrogens is 299 g/mol. The van der Waals surface area contributed by atoms with E-state index >= 15 is 0 Å². The summed E-state index contributed by atoms with van der Waals surface area (Å²) in [5, 5.41) is 2.83. The van der Waals surface area contributed by atoms with Crippen LogP contribution >= 0.6 is 0 Å². The molecule has 1 aromatic heterocycles. The van der Waals surface area contributed by atoms with Crippen molar-refractivity contribution in [3.8, 4) is 0 Å². The van der Waals surface area contributed by atoms with Gasteiger partial charge in [-0.3, -0.25) is 9.37 Å². The number of halogens is 1. The summed E-state index contributed by atoms with van der Waals surface area (Å²) in [5.41, 5.74) is 6.75. The molecule has 1 aromatic rings. The van der Waals surface area contributed by atoms with E-state index in [4.69, 9.17) is 10.5 Å². The highest BCUT2D eigenvalue weighted by Gasteiger charge is 2.30. The predicted molar refractivity (Wildman–Crippen MR) is 88.1 cm³/mol. The predicted octanol–water partition coefficient (Wildman–Crippen LogP) is 2.35. The molecule has 1 aliphatic rings. The third-order valence-corrected chi connectivity index (χ3v) is 3.64. The minimum absolute atomic E-state index is 0.156. The van der Waals surface area contributed by atoms with Gasteiger partial charge in [0, 0.05) is 25.2 Å². The molecule has 0 spiro atoms. The number of alkyl halides is 1. The third-order valence-electron chi connectivity index (χ3n) is 3.64. The Balaban J connectivity index is 2.06. The minimum Gasteiger partial charge on any atom is -0.444 e. The molecule has 0 radical (unpaired) electrons. The van der Waals surface area contributed by atoms with Crippen molar-refractivity contribution in [1.82, 2.24) is 10.3 Å². The molecule has 1 fully saturated rings. The fourth-order valence-corrected chi connectivity index (χ4v) is 2.78. The number of nitrogen functional groups attached to an aromatic ring is 1. The molecule has 2 rings (SSSR count). The number of ether oxygens (including phenoxy) is 1. The Bertz CT molecular complexity index is 547. The molecule has 0 bridgehead atoms. The van der Waals surface area contributed by atoms with Crippen LogP contribution in [0.2, 0.25) is 0 Å². The molecular formula is C16H25FN4O2. The number of carbonyl (C=O) groups is 1. The summed E-state index contributed by atoms with van der Waals surface area (Å²) < 4.78 is 18.5. The van der Waals surface area contributed by atoms with E-state index in [1.165, 1.54) is 0 Å². The number of aromatic nitrogens is 1. The average molecular weight is 324 g/mol. The van der Waals surface area contributed by atoms with E-state index < -0.39 is 18.4 Å². The summed E-state index contributed by atoms with van der Waals surface area (Å²) in [6.45, 7) is 6.11. The van der Waals surface area contributed by atoms with Crippen LogP contribution in [0.3, 0.4) is 0 Å². The lowest BCUT2D eigenvalue weighted by molar-refractivity contribution is 0.0492. The van der Waals surface area contributed by atoms with Gasteiger partial charge in [-0.15, -0.1) is 0 Å². The van der Waals surface area contributed by atoms with Crippen LogP contribution in [0.1, 0.15) is 27.2 Å². The highest BCUT2D eigenvalue weighted by Crippen LogP contribution is 2.27. The largest absolute Gasteiger partial charge is 0.444 e. The molecule has 2 atom stereocenters. The number of piperidine rings is 1. The first-order chi connectivity index (χ1) is 10.8. The zero-order chi connectivity index (χ0) is 17.0. The van der Waals surface area contributed by atoms with E-state index in [-0.39, 0.29) is 12.0 Å². The molecule has 0 saturated carbocycles. The topological polar surface area (TPSA) is 80.5 Å². The van der Waals surface area contributed by atoms with Crippen molar-refractivity contribution in [2.45, 2.75) is 38.8 Å². The second kappa shape index (κ2) is 7.02. The molecule has 3 N–H and O–H groups in total. The van der Waals surface area contributed by atoms with Crippen molar-refractivity contribution in [1.29, 1.82) is 0 Å². The summed E-state index contributed by atoms with van der Waals surface area (Å²) in [5.74, 6) is -0.156. The zero-order valence-electron chi connectivity index (χ0n) is 13.9. The summed E-state index contributed by atoms with van der Waals surface area (Å²) >= 11 is 0. The molecule has 2 heterocycles. The number of amides is 1. The van der Waals surface area contributed by atoms with Crippen LogP contribution in [0.15, 0.2) is 18.5 Å². The van der Waals surface area contributed by atoms with Crippen LogP contribution in [-0.2, 0) is 4.74 Å². The summed E-state index contributed by atoms with van der Waals surface area (Å²) in [6.07, 6.45) is 3.33. The SMILES string of the molecule is CC(C)(C)OC(=O)NC1CC(CF)CN(c2ccncc2N)C1. The van der Waals surface area contributed by atoms with Crippen LogP contribution in [0.5, 0.6) is 0 Å². The van der Waals surface area contributed by atoms with Crippen molar-refractivity contribution in [2.24, 2.45) is 5.92 Å². The van der Waals surface area contributed by atoms with Gasteiger partial charge in [-0.2, -0.15) is 0 Å². The molecule has 0 aromatic carbocycles. The van der Waals surface area contributed by atoms with E-state index in [1.54, 1.807) is 18.5 Å². The van der Waals surface area contributed by atoms with Crippen LogP contribution < -0.4 is 16.0 Å². The first kappa shape index (κ1) is 17.3. The number of hydrogen-bond acceptors (Lipinski definition) is 5. The second-order valence-corrected chi connectivity index (χ2v) is 6.94. The Morgan fingerprint density at radius 2 is 2.26 bits per heavy atom. The van der Waals surface area contributed by atoms with Gasteiger partial charge in [0.25, 0.3) is 0 Å². The standard InChI is InChI=1S/C16H25FN4O2/c1-16(2,3)23-15(22)20-12-6-11(7-17)9-21(10-12)14-4-5-19-8-13(14)18/h4-5,8,11-12H,6-7,9-10,18H2,1-3H3,(H,20,22). The highest BCUT2D eigenvalue weighted by atomic mass is 19.1. The van der Waals surface area contributed by atoms with E-state index in [1.807, 2.05) is 25.7 Å². The van der Waals surface area contributed by atoms with Crippen LogP contribution in [0.25, 0.3) is 0 Å². The van der Waals surface area contributed by atoms with Gasteiger partial charge in [0.2, 0.25) is 0 Å². The average Bonchev–Trinajstić information content (AvgIpc) is 2.45. The Labute approximate surface area is 136 Å². The number of hydrogen-bond donors (Lipinski definition) is 2. The third kappa shape index (κ3) is 4.97. The highest BCUT2D eigenvalue weighted by molar-refractivity contribution is 5.69. The lowest BCUT2D eigenvalue weighted by Crippen LogP contribution is -2.52. The number of alkyl carbamates (subject to hydrolysis) is 1. The molecule has 2 unspecified atom stereocenters. The van der Waals surface area contributed by atoms with E-state index in [9.17, 15) is 9.18 Å². The quantitative estimate of drug-likeness (QED) is 0.892. The Morgan fingerprint density at radius 3 is 2.87 bits per heavy atom. The van der Waals surface area contributed by atoms with Gasteiger partial charge in [-0.1, -0.05) is 0 Å². The van der Waals surface area contributed by atoms with Crippen molar-refractivity contribution in [3.63, 3.8) is 0 Å². The van der Waals surface area contributed by atoms with Gasteiger partial charge < -0.3 is 20.7 Å². The van der Waals surface area contributed by atoms with E-state index in [0.29, 0.717) is 25.2 Å². The normalized spacial score (nSPS) is 21.8. The number of nitrogens with zero attached hydrogens (tertiary/aromatic N) is 2. The van der Waals surface area contributed by atoms with Gasteiger partial charge in [0.1, 0.15) is 5.60 Å². The summed E-state index contributed by atoms with van der Waals surface area (Å²) in [7, 11) is 0. The maximum absolute atomic E-state index is 13.2. The van der Waals surface area contributed by atoms with Gasteiger partial charge in [0.15, 0.2) is 0 Å². The Kier molecular flexibility index (Phi) is 5.28. The van der Waals surface area contributed by atoms with Gasteiger partial charge >= 0.3 is 6.09 Å². The second-order valence-electron chi connectivity index (χ2n) is 6.94. The smallest absolute Gasteiger partial charge is 0.407 e. The maximum Gasteiger partial charge on any atom is 0.407 e. The molecule has 7 heteroatoms. The fourth-order valence-electron chi connectivity index (χ4n) is 2.78. The van der Waals surface area contributed by atoms with Crippen molar-refractivity contribution in [3.05, 3.63) is 18.5 Å². The molecule has 1 aliphatic heterocycles. The molecule has 6 nitrogen and oxygen atoms in total. The van der Waals surface area contributed by atoms with Crippen molar-refractivity contribution < 1.29 is 13.9 Å². The Morgan fingerprint density at radius 1 is 1.52 bits per heavy atom. The van der Waals surface area contributed by atoms with Crippen molar-refractivity contribution in [2.75, 3.05) is 30.4 Å². The van der Waals surface area contributed by atoms with E-state index in [0.717, 1.165) is 5.69 Å². The molecule has 128 valence electrons. The fraction of sp³-hybridized carbons (Fsp3) is 0.625. The molecule has 1 amide bonds. The lowest BCUT2D eigenvalue weighted by atomic mass is 9.95. The minimum atomic E-state index is -0.562. The van der Waals surface area contributed by atoms with Crippen molar-refractivity contribution >= 4 is 17.5 Å². The number of nitrogens with one attached hydrogen (secondary N) is 1. The summed E-state index contributed by atoms with van der Waals surface area (Å²) in [6, 6.07) is 1.62.